The van der Waals surface area contributed by atoms with Crippen molar-refractivity contribution in [3.63, 3.8) is 0 Å². The molecule has 0 saturated heterocycles. The Morgan fingerprint density at radius 2 is 2.12 bits per heavy atom. The average molecular weight is 347 g/mol. The van der Waals surface area contributed by atoms with Crippen LogP contribution in [0.25, 0.3) is 6.08 Å². The Bertz CT molecular complexity index is 762. The summed E-state index contributed by atoms with van der Waals surface area (Å²) in [6.07, 6.45) is 3.19. The molecule has 6 heteroatoms. The first kappa shape index (κ1) is 17.8. The van der Waals surface area contributed by atoms with Gasteiger partial charge in [-0.2, -0.15) is 0 Å². The maximum absolute atomic E-state index is 11.5. The SMILES string of the molecule is C=Cc1ccc(OC)c([C@H](C)Nc2ncc(C(=O)OC)cc2Cl)c1. The molecular weight excluding hydrogens is 328 g/mol. The van der Waals surface area contributed by atoms with Crippen molar-refractivity contribution in [3.8, 4) is 5.75 Å². The van der Waals surface area contributed by atoms with Crippen LogP contribution in [0.5, 0.6) is 5.75 Å². The Hall–Kier alpha value is -2.53. The number of nitrogens with zero attached hydrogens (tertiary/aromatic N) is 1. The lowest BCUT2D eigenvalue weighted by molar-refractivity contribution is 0.0600. The zero-order valence-electron chi connectivity index (χ0n) is 13.8. The summed E-state index contributed by atoms with van der Waals surface area (Å²) in [5.41, 5.74) is 2.23. The normalized spacial score (nSPS) is 11.5. The summed E-state index contributed by atoms with van der Waals surface area (Å²) in [5, 5.41) is 3.56. The summed E-state index contributed by atoms with van der Waals surface area (Å²) in [6, 6.07) is 7.21. The van der Waals surface area contributed by atoms with Crippen LogP contribution in [0.15, 0.2) is 37.0 Å². The number of carbonyl (C=O) groups excluding carboxylic acids is 1. The third-order valence-corrected chi connectivity index (χ3v) is 3.86. The first-order chi connectivity index (χ1) is 11.5. The topological polar surface area (TPSA) is 60.5 Å². The first-order valence-corrected chi connectivity index (χ1v) is 7.68. The molecule has 1 N–H and O–H groups in total. The summed E-state index contributed by atoms with van der Waals surface area (Å²) in [4.78, 5) is 15.7. The molecule has 0 aliphatic carbocycles. The van der Waals surface area contributed by atoms with Crippen molar-refractivity contribution >= 4 is 29.5 Å². The fraction of sp³-hybridized carbons (Fsp3) is 0.222. The predicted molar refractivity (Wildman–Crippen MR) is 95.7 cm³/mol. The van der Waals surface area contributed by atoms with Gasteiger partial charge in [0.15, 0.2) is 0 Å². The van der Waals surface area contributed by atoms with Crippen molar-refractivity contribution in [1.29, 1.82) is 0 Å². The van der Waals surface area contributed by atoms with Crippen LogP contribution in [-0.2, 0) is 4.74 Å². The van der Waals surface area contributed by atoms with Crippen LogP contribution in [0.4, 0.5) is 5.82 Å². The van der Waals surface area contributed by atoms with Gasteiger partial charge in [0.25, 0.3) is 0 Å². The zero-order valence-corrected chi connectivity index (χ0v) is 14.6. The number of methoxy groups -OCH3 is 2. The molecule has 1 aromatic carbocycles. The van der Waals surface area contributed by atoms with Gasteiger partial charge in [0.05, 0.1) is 30.8 Å². The smallest absolute Gasteiger partial charge is 0.339 e. The number of hydrogen-bond donors (Lipinski definition) is 1. The molecule has 2 aromatic rings. The van der Waals surface area contributed by atoms with Crippen LogP contribution in [0.1, 0.15) is 34.5 Å². The van der Waals surface area contributed by atoms with E-state index in [0.29, 0.717) is 16.4 Å². The molecule has 5 nitrogen and oxygen atoms in total. The van der Waals surface area contributed by atoms with E-state index < -0.39 is 5.97 Å². The molecule has 0 fully saturated rings. The third-order valence-electron chi connectivity index (χ3n) is 3.57. The van der Waals surface area contributed by atoms with Gasteiger partial charge in [-0.15, -0.1) is 0 Å². The second-order valence-electron chi connectivity index (χ2n) is 5.12. The first-order valence-electron chi connectivity index (χ1n) is 7.31. The Morgan fingerprint density at radius 1 is 1.38 bits per heavy atom. The molecule has 0 amide bonds. The fourth-order valence-electron chi connectivity index (χ4n) is 2.27. The Kier molecular flexibility index (Phi) is 5.82. The lowest BCUT2D eigenvalue weighted by Gasteiger charge is -2.19. The largest absolute Gasteiger partial charge is 0.496 e. The standard InChI is InChI=1S/C18H19ClN2O3/c1-5-12-6-7-16(23-3)14(8-12)11(2)21-17-15(19)9-13(10-20-17)18(22)24-4/h5-11H,1H2,2-4H3,(H,20,21)/t11-/m0/s1. The van der Waals surface area contributed by atoms with Crippen molar-refractivity contribution in [2.45, 2.75) is 13.0 Å². The number of nitrogens with one attached hydrogen (secondary N) is 1. The van der Waals surface area contributed by atoms with E-state index in [9.17, 15) is 4.79 Å². The number of benzene rings is 1. The monoisotopic (exact) mass is 346 g/mol. The molecule has 0 radical (unpaired) electrons. The van der Waals surface area contributed by atoms with E-state index in [1.165, 1.54) is 19.4 Å². The highest BCUT2D eigenvalue weighted by Gasteiger charge is 2.15. The molecule has 0 aliphatic rings. The number of carbonyl (C=O) groups is 1. The molecule has 0 aliphatic heterocycles. The maximum atomic E-state index is 11.5. The lowest BCUT2D eigenvalue weighted by Crippen LogP contribution is -2.11. The van der Waals surface area contributed by atoms with Gasteiger partial charge in [-0.1, -0.05) is 30.3 Å². The minimum Gasteiger partial charge on any atom is -0.496 e. The van der Waals surface area contributed by atoms with Crippen molar-refractivity contribution in [1.82, 2.24) is 4.98 Å². The number of esters is 1. The minimum atomic E-state index is -0.482. The Morgan fingerprint density at radius 3 is 2.71 bits per heavy atom. The lowest BCUT2D eigenvalue weighted by atomic mass is 10.0. The molecular formula is C18H19ClN2O3. The second kappa shape index (κ2) is 7.84. The van der Waals surface area contributed by atoms with E-state index in [1.807, 2.05) is 25.1 Å². The van der Waals surface area contributed by atoms with E-state index in [-0.39, 0.29) is 6.04 Å². The highest BCUT2D eigenvalue weighted by Crippen LogP contribution is 2.31. The van der Waals surface area contributed by atoms with Gasteiger partial charge < -0.3 is 14.8 Å². The fourth-order valence-corrected chi connectivity index (χ4v) is 2.50. The van der Waals surface area contributed by atoms with E-state index in [1.54, 1.807) is 13.2 Å². The van der Waals surface area contributed by atoms with Gasteiger partial charge in [-0.25, -0.2) is 9.78 Å². The van der Waals surface area contributed by atoms with Gasteiger partial charge in [-0.3, -0.25) is 0 Å². The van der Waals surface area contributed by atoms with Crippen LogP contribution in [0, 0.1) is 0 Å². The van der Waals surface area contributed by atoms with Crippen LogP contribution >= 0.6 is 11.6 Å². The molecule has 1 atom stereocenters. The second-order valence-corrected chi connectivity index (χ2v) is 5.52. The molecule has 0 bridgehead atoms. The number of hydrogen-bond acceptors (Lipinski definition) is 5. The number of halogens is 1. The molecule has 0 spiro atoms. The van der Waals surface area contributed by atoms with Crippen molar-refractivity contribution in [2.24, 2.45) is 0 Å². The number of ether oxygens (including phenoxy) is 2. The van der Waals surface area contributed by atoms with Gasteiger partial charge in [0.1, 0.15) is 11.6 Å². The summed E-state index contributed by atoms with van der Waals surface area (Å²) < 4.78 is 10.1. The molecule has 0 saturated carbocycles. The maximum Gasteiger partial charge on any atom is 0.339 e. The van der Waals surface area contributed by atoms with E-state index in [4.69, 9.17) is 16.3 Å². The van der Waals surface area contributed by atoms with E-state index >= 15 is 0 Å². The van der Waals surface area contributed by atoms with Crippen LogP contribution in [0.3, 0.4) is 0 Å². The number of anilines is 1. The summed E-state index contributed by atoms with van der Waals surface area (Å²) >= 11 is 6.21. The molecule has 126 valence electrons. The molecule has 1 heterocycles. The molecule has 24 heavy (non-hydrogen) atoms. The zero-order chi connectivity index (χ0) is 17.7. The van der Waals surface area contributed by atoms with Crippen LogP contribution in [0.2, 0.25) is 5.02 Å². The van der Waals surface area contributed by atoms with Gasteiger partial charge in [0, 0.05) is 11.8 Å². The van der Waals surface area contributed by atoms with Crippen molar-refractivity contribution < 1.29 is 14.3 Å². The van der Waals surface area contributed by atoms with E-state index in [0.717, 1.165) is 16.9 Å². The molecule has 1 aromatic heterocycles. The average Bonchev–Trinajstić information content (AvgIpc) is 2.61. The summed E-state index contributed by atoms with van der Waals surface area (Å²) in [5.74, 6) is 0.745. The van der Waals surface area contributed by atoms with Crippen molar-refractivity contribution in [2.75, 3.05) is 19.5 Å². The number of rotatable bonds is 6. The predicted octanol–water partition coefficient (Wildman–Crippen LogP) is 4.35. The molecule has 2 rings (SSSR count). The van der Waals surface area contributed by atoms with Gasteiger partial charge in [-0.05, 0) is 30.7 Å². The quantitative estimate of drug-likeness (QED) is 0.788. The summed E-state index contributed by atoms with van der Waals surface area (Å²) in [6.45, 7) is 5.75. The van der Waals surface area contributed by atoms with E-state index in [2.05, 4.69) is 21.6 Å². The van der Waals surface area contributed by atoms with Crippen molar-refractivity contribution in [3.05, 3.63) is 58.8 Å². The number of pyridine rings is 1. The van der Waals surface area contributed by atoms with Gasteiger partial charge in [0.2, 0.25) is 0 Å². The Labute approximate surface area is 146 Å². The third kappa shape index (κ3) is 3.86. The number of aromatic nitrogens is 1. The summed E-state index contributed by atoms with van der Waals surface area (Å²) in [7, 11) is 2.93. The van der Waals surface area contributed by atoms with Crippen LogP contribution < -0.4 is 10.1 Å². The minimum absolute atomic E-state index is 0.117. The molecule has 0 unspecified atom stereocenters. The highest BCUT2D eigenvalue weighted by molar-refractivity contribution is 6.33. The highest BCUT2D eigenvalue weighted by atomic mass is 35.5. The van der Waals surface area contributed by atoms with Crippen LogP contribution in [-0.4, -0.2) is 25.2 Å². The van der Waals surface area contributed by atoms with Gasteiger partial charge >= 0.3 is 5.97 Å². The Balaban J connectivity index is 2.28.